The van der Waals surface area contributed by atoms with Gasteiger partial charge in [-0.1, -0.05) is 0 Å². The summed E-state index contributed by atoms with van der Waals surface area (Å²) in [5, 5.41) is 8.75. The first kappa shape index (κ1) is 16.8. The van der Waals surface area contributed by atoms with E-state index in [4.69, 9.17) is 14.6 Å². The smallest absolute Gasteiger partial charge is 0.341 e. The highest BCUT2D eigenvalue weighted by atomic mass is 16.5. The molecule has 1 aromatic carbocycles. The van der Waals surface area contributed by atoms with Crippen LogP contribution >= 0.6 is 0 Å². The van der Waals surface area contributed by atoms with Crippen LogP contribution in [0.4, 0.5) is 0 Å². The summed E-state index contributed by atoms with van der Waals surface area (Å²) < 4.78 is 10.8. The van der Waals surface area contributed by atoms with Crippen LogP contribution in [0.15, 0.2) is 12.1 Å². The summed E-state index contributed by atoms with van der Waals surface area (Å²) in [5.74, 6) is -0.458. The maximum Gasteiger partial charge on any atom is 0.341 e. The van der Waals surface area contributed by atoms with E-state index in [1.807, 2.05) is 18.7 Å². The number of nitrogens with zero attached hydrogens (tertiary/aromatic N) is 1. The van der Waals surface area contributed by atoms with Gasteiger partial charge in [-0.15, -0.1) is 0 Å². The predicted molar refractivity (Wildman–Crippen MR) is 87.4 cm³/mol. The molecule has 1 aromatic rings. The molecule has 1 spiro atoms. The lowest BCUT2D eigenvalue weighted by molar-refractivity contribution is -0.139. The first-order chi connectivity index (χ1) is 11.4. The largest absolute Gasteiger partial charge is 0.481 e. The minimum Gasteiger partial charge on any atom is -0.481 e. The fourth-order valence-electron chi connectivity index (χ4n) is 3.70. The summed E-state index contributed by atoms with van der Waals surface area (Å²) in [5.41, 5.74) is 2.32. The molecular formula is C18H23NO5. The van der Waals surface area contributed by atoms with Gasteiger partial charge in [0, 0.05) is 30.7 Å². The fourth-order valence-corrected chi connectivity index (χ4v) is 3.70. The number of amides is 1. The Hall–Kier alpha value is -2.08. The van der Waals surface area contributed by atoms with E-state index in [-0.39, 0.29) is 17.9 Å². The molecule has 2 heterocycles. The van der Waals surface area contributed by atoms with Gasteiger partial charge in [-0.2, -0.15) is 0 Å². The third kappa shape index (κ3) is 3.24. The van der Waals surface area contributed by atoms with Crippen molar-refractivity contribution in [2.45, 2.75) is 26.7 Å². The Morgan fingerprint density at radius 1 is 1.29 bits per heavy atom. The summed E-state index contributed by atoms with van der Waals surface area (Å²) in [7, 11) is 0. The fraction of sp³-hybridized carbons (Fsp3) is 0.556. The maximum absolute atomic E-state index is 12.8. The Morgan fingerprint density at radius 3 is 2.58 bits per heavy atom. The molecule has 0 saturated carbocycles. The van der Waals surface area contributed by atoms with Crippen LogP contribution in [0.25, 0.3) is 0 Å². The number of hydrogen-bond donors (Lipinski definition) is 1. The Morgan fingerprint density at radius 2 is 2.00 bits per heavy atom. The third-order valence-electron chi connectivity index (χ3n) is 4.96. The second-order valence-corrected chi connectivity index (χ2v) is 6.90. The van der Waals surface area contributed by atoms with E-state index in [2.05, 4.69) is 0 Å². The second kappa shape index (κ2) is 6.43. The molecule has 1 N–H and O–H groups in total. The van der Waals surface area contributed by atoms with Crippen molar-refractivity contribution in [2.24, 2.45) is 5.41 Å². The van der Waals surface area contributed by atoms with Crippen LogP contribution in [0.1, 0.15) is 34.3 Å². The molecule has 2 saturated heterocycles. The Balaban J connectivity index is 1.75. The molecule has 130 valence electrons. The van der Waals surface area contributed by atoms with E-state index >= 15 is 0 Å². The zero-order valence-corrected chi connectivity index (χ0v) is 14.1. The molecule has 6 nitrogen and oxygen atoms in total. The number of rotatable bonds is 4. The Kier molecular flexibility index (Phi) is 4.49. The highest BCUT2D eigenvalue weighted by Gasteiger charge is 2.42. The van der Waals surface area contributed by atoms with Gasteiger partial charge in [-0.3, -0.25) is 4.79 Å². The van der Waals surface area contributed by atoms with Gasteiger partial charge in [-0.25, -0.2) is 4.79 Å². The number of carbonyl (C=O) groups excluding carboxylic acids is 1. The highest BCUT2D eigenvalue weighted by Crippen LogP contribution is 2.38. The molecule has 3 rings (SSSR count). The molecule has 0 radical (unpaired) electrons. The SMILES string of the molecule is Cc1cc(C(=O)N2CC[C@@]3(CCOC3)C2)cc(C)c1OCC(=O)O. The van der Waals surface area contributed by atoms with Crippen molar-refractivity contribution in [1.29, 1.82) is 0 Å². The molecular weight excluding hydrogens is 310 g/mol. The predicted octanol–water partition coefficient (Wildman–Crippen LogP) is 2.02. The normalized spacial score (nSPS) is 23.0. The third-order valence-corrected chi connectivity index (χ3v) is 4.96. The van der Waals surface area contributed by atoms with Crippen LogP contribution in [0.2, 0.25) is 0 Å². The summed E-state index contributed by atoms with van der Waals surface area (Å²) in [4.78, 5) is 25.4. The van der Waals surface area contributed by atoms with Gasteiger partial charge < -0.3 is 19.5 Å². The number of ether oxygens (including phenoxy) is 2. The minimum atomic E-state index is -1.02. The van der Waals surface area contributed by atoms with Crippen molar-refractivity contribution in [3.8, 4) is 5.75 Å². The average Bonchev–Trinajstić information content (AvgIpc) is 3.16. The summed E-state index contributed by atoms with van der Waals surface area (Å²) in [6.45, 7) is 6.32. The van der Waals surface area contributed by atoms with Gasteiger partial charge in [0.2, 0.25) is 0 Å². The topological polar surface area (TPSA) is 76.1 Å². The van der Waals surface area contributed by atoms with Gasteiger partial charge in [0.1, 0.15) is 5.75 Å². The highest BCUT2D eigenvalue weighted by molar-refractivity contribution is 5.95. The van der Waals surface area contributed by atoms with Crippen LogP contribution in [-0.2, 0) is 9.53 Å². The lowest BCUT2D eigenvalue weighted by atomic mass is 9.87. The van der Waals surface area contributed by atoms with E-state index in [9.17, 15) is 9.59 Å². The molecule has 0 aromatic heterocycles. The number of aliphatic carboxylic acids is 1. The van der Waals surface area contributed by atoms with E-state index in [1.54, 1.807) is 12.1 Å². The number of carboxylic acid groups (broad SMARTS) is 1. The molecule has 1 atom stereocenters. The van der Waals surface area contributed by atoms with Gasteiger partial charge >= 0.3 is 5.97 Å². The van der Waals surface area contributed by atoms with Crippen molar-refractivity contribution in [1.82, 2.24) is 4.90 Å². The lowest BCUT2D eigenvalue weighted by Crippen LogP contribution is -2.32. The number of hydrogen-bond acceptors (Lipinski definition) is 4. The quantitative estimate of drug-likeness (QED) is 0.912. The van der Waals surface area contributed by atoms with Crippen molar-refractivity contribution in [3.05, 3.63) is 28.8 Å². The summed E-state index contributed by atoms with van der Waals surface area (Å²) in [6.07, 6.45) is 2.02. The molecule has 0 unspecified atom stereocenters. The van der Waals surface area contributed by atoms with Crippen LogP contribution in [0, 0.1) is 19.3 Å². The number of benzene rings is 1. The summed E-state index contributed by atoms with van der Waals surface area (Å²) in [6, 6.07) is 3.56. The molecule has 2 aliphatic rings. The van der Waals surface area contributed by atoms with E-state index in [1.165, 1.54) is 0 Å². The van der Waals surface area contributed by atoms with Gasteiger partial charge in [0.05, 0.1) is 6.61 Å². The molecule has 24 heavy (non-hydrogen) atoms. The van der Waals surface area contributed by atoms with Crippen molar-refractivity contribution in [3.63, 3.8) is 0 Å². The Labute approximate surface area is 141 Å². The molecule has 6 heteroatoms. The van der Waals surface area contributed by atoms with Crippen LogP contribution in [0.5, 0.6) is 5.75 Å². The lowest BCUT2D eigenvalue weighted by Gasteiger charge is -2.22. The second-order valence-electron chi connectivity index (χ2n) is 6.90. The molecule has 2 fully saturated rings. The Bertz CT molecular complexity index is 640. The minimum absolute atomic E-state index is 0.0229. The molecule has 1 amide bonds. The molecule has 0 aliphatic carbocycles. The zero-order valence-electron chi connectivity index (χ0n) is 14.1. The van der Waals surface area contributed by atoms with Crippen molar-refractivity contribution >= 4 is 11.9 Å². The van der Waals surface area contributed by atoms with Crippen molar-refractivity contribution in [2.75, 3.05) is 32.9 Å². The van der Waals surface area contributed by atoms with E-state index in [0.717, 1.165) is 50.3 Å². The van der Waals surface area contributed by atoms with Crippen molar-refractivity contribution < 1.29 is 24.2 Å². The number of carboxylic acids is 1. The first-order valence-electron chi connectivity index (χ1n) is 8.23. The molecule has 2 aliphatic heterocycles. The van der Waals surface area contributed by atoms with Gasteiger partial charge in [0.15, 0.2) is 6.61 Å². The zero-order chi connectivity index (χ0) is 17.3. The number of carbonyl (C=O) groups is 2. The maximum atomic E-state index is 12.8. The first-order valence-corrected chi connectivity index (χ1v) is 8.23. The summed E-state index contributed by atoms with van der Waals surface area (Å²) >= 11 is 0. The monoisotopic (exact) mass is 333 g/mol. The standard InChI is InChI=1S/C18H23NO5/c1-12-7-14(8-13(2)16(12)24-9-15(20)21)17(22)19-5-3-18(10-19)4-6-23-11-18/h7-8H,3-6,9-11H2,1-2H3,(H,20,21)/t18-/m1/s1. The molecule has 0 bridgehead atoms. The van der Waals surface area contributed by atoms with Gasteiger partial charge in [0.25, 0.3) is 5.91 Å². The van der Waals surface area contributed by atoms with Gasteiger partial charge in [-0.05, 0) is 49.9 Å². The number of likely N-dealkylation sites (tertiary alicyclic amines) is 1. The average molecular weight is 333 g/mol. The van der Waals surface area contributed by atoms with E-state index < -0.39 is 5.97 Å². The number of aryl methyl sites for hydroxylation is 2. The van der Waals surface area contributed by atoms with Crippen LogP contribution < -0.4 is 4.74 Å². The van der Waals surface area contributed by atoms with Crippen LogP contribution in [0.3, 0.4) is 0 Å². The van der Waals surface area contributed by atoms with E-state index in [0.29, 0.717) is 11.3 Å². The van der Waals surface area contributed by atoms with Crippen LogP contribution in [-0.4, -0.2) is 54.8 Å².